The van der Waals surface area contributed by atoms with Crippen LogP contribution in [0.3, 0.4) is 0 Å². The number of carbonyl (C=O) groups is 2. The van der Waals surface area contributed by atoms with Gasteiger partial charge in [-0.3, -0.25) is 0 Å². The van der Waals surface area contributed by atoms with E-state index < -0.39 is 5.92 Å². The minimum Gasteiger partial charge on any atom is -0.323 e. The number of nitrogens with one attached hydrogen (secondary N) is 1. The van der Waals surface area contributed by atoms with Gasteiger partial charge in [0.2, 0.25) is 0 Å². The standard InChI is InChI=1S/C9H8O2.C2H7N/c10-6-9(7-11)8-4-2-1-3-5-8;1-3-2/h1-7,9H;3H,1-2H3. The lowest BCUT2D eigenvalue weighted by Gasteiger charge is -1.99. The second-order valence-electron chi connectivity index (χ2n) is 2.71. The Balaban J connectivity index is 0.000000500. The topological polar surface area (TPSA) is 46.2 Å². The number of aldehydes is 2. The van der Waals surface area contributed by atoms with Gasteiger partial charge in [0.1, 0.15) is 12.6 Å². The average Bonchev–Trinajstić information content (AvgIpc) is 2.22. The Hall–Kier alpha value is -1.48. The molecule has 0 aliphatic heterocycles. The van der Waals surface area contributed by atoms with Crippen molar-refractivity contribution in [1.82, 2.24) is 5.32 Å². The van der Waals surface area contributed by atoms with Gasteiger partial charge in [0.25, 0.3) is 0 Å². The minimum atomic E-state index is -0.601. The van der Waals surface area contributed by atoms with Crippen LogP contribution < -0.4 is 5.32 Å². The van der Waals surface area contributed by atoms with E-state index in [0.717, 1.165) is 5.56 Å². The van der Waals surface area contributed by atoms with Crippen LogP contribution in [0.4, 0.5) is 0 Å². The molecule has 0 amide bonds. The molecule has 0 fully saturated rings. The molecule has 0 aliphatic carbocycles. The number of benzene rings is 1. The molecule has 1 aromatic rings. The highest BCUT2D eigenvalue weighted by molar-refractivity contribution is 5.84. The van der Waals surface area contributed by atoms with E-state index in [1.807, 2.05) is 20.2 Å². The molecule has 0 aliphatic rings. The van der Waals surface area contributed by atoms with Crippen LogP contribution in [0, 0.1) is 0 Å². The van der Waals surface area contributed by atoms with Crippen molar-refractivity contribution in [2.75, 3.05) is 14.1 Å². The molecule has 14 heavy (non-hydrogen) atoms. The van der Waals surface area contributed by atoms with Crippen molar-refractivity contribution in [2.24, 2.45) is 0 Å². The smallest absolute Gasteiger partial charge is 0.134 e. The summed E-state index contributed by atoms with van der Waals surface area (Å²) in [6.45, 7) is 0. The number of hydrogen-bond acceptors (Lipinski definition) is 3. The van der Waals surface area contributed by atoms with E-state index in [1.54, 1.807) is 24.3 Å². The molecule has 0 bridgehead atoms. The highest BCUT2D eigenvalue weighted by atomic mass is 16.1. The summed E-state index contributed by atoms with van der Waals surface area (Å²) >= 11 is 0. The molecular formula is C11H15NO2. The molecule has 0 radical (unpaired) electrons. The molecule has 3 nitrogen and oxygen atoms in total. The van der Waals surface area contributed by atoms with Crippen molar-refractivity contribution in [1.29, 1.82) is 0 Å². The van der Waals surface area contributed by atoms with Gasteiger partial charge in [-0.2, -0.15) is 0 Å². The molecule has 0 aromatic heterocycles. The molecule has 3 heteroatoms. The lowest BCUT2D eigenvalue weighted by atomic mass is 10.0. The van der Waals surface area contributed by atoms with E-state index in [-0.39, 0.29) is 0 Å². The summed E-state index contributed by atoms with van der Waals surface area (Å²) in [5.74, 6) is -0.601. The summed E-state index contributed by atoms with van der Waals surface area (Å²) in [5, 5.41) is 2.75. The Kier molecular flexibility index (Phi) is 7.27. The first-order valence-electron chi connectivity index (χ1n) is 4.34. The van der Waals surface area contributed by atoms with E-state index in [1.165, 1.54) is 0 Å². The SMILES string of the molecule is CNC.O=CC(C=O)c1ccccc1. The molecule has 1 N–H and O–H groups in total. The van der Waals surface area contributed by atoms with Crippen LogP contribution in [0.1, 0.15) is 11.5 Å². The zero-order valence-corrected chi connectivity index (χ0v) is 8.44. The summed E-state index contributed by atoms with van der Waals surface area (Å²) in [5.41, 5.74) is 0.748. The maximum Gasteiger partial charge on any atom is 0.134 e. The van der Waals surface area contributed by atoms with Gasteiger partial charge in [0, 0.05) is 0 Å². The fourth-order valence-corrected chi connectivity index (χ4v) is 0.864. The van der Waals surface area contributed by atoms with Crippen LogP contribution in [0.5, 0.6) is 0 Å². The Morgan fingerprint density at radius 2 is 1.50 bits per heavy atom. The second-order valence-corrected chi connectivity index (χ2v) is 2.71. The Bertz CT molecular complexity index is 251. The largest absolute Gasteiger partial charge is 0.323 e. The van der Waals surface area contributed by atoms with Crippen LogP contribution in [-0.2, 0) is 9.59 Å². The fourth-order valence-electron chi connectivity index (χ4n) is 0.864. The van der Waals surface area contributed by atoms with Gasteiger partial charge in [-0.1, -0.05) is 30.3 Å². The maximum absolute atomic E-state index is 10.3. The van der Waals surface area contributed by atoms with Crippen LogP contribution >= 0.6 is 0 Å². The minimum absolute atomic E-state index is 0.601. The van der Waals surface area contributed by atoms with E-state index in [9.17, 15) is 9.59 Å². The normalized spacial score (nSPS) is 8.79. The van der Waals surface area contributed by atoms with Crippen LogP contribution in [0.15, 0.2) is 30.3 Å². The third-order valence-corrected chi connectivity index (χ3v) is 1.48. The van der Waals surface area contributed by atoms with Crippen molar-refractivity contribution in [3.8, 4) is 0 Å². The summed E-state index contributed by atoms with van der Waals surface area (Å²) in [6, 6.07) is 8.96. The van der Waals surface area contributed by atoms with Crippen molar-refractivity contribution in [2.45, 2.75) is 5.92 Å². The summed E-state index contributed by atoms with van der Waals surface area (Å²) < 4.78 is 0. The van der Waals surface area contributed by atoms with Gasteiger partial charge in [0.15, 0.2) is 0 Å². The van der Waals surface area contributed by atoms with E-state index in [0.29, 0.717) is 12.6 Å². The van der Waals surface area contributed by atoms with Crippen molar-refractivity contribution in [3.05, 3.63) is 35.9 Å². The third-order valence-electron chi connectivity index (χ3n) is 1.48. The van der Waals surface area contributed by atoms with Crippen molar-refractivity contribution < 1.29 is 9.59 Å². The lowest BCUT2D eigenvalue weighted by Crippen LogP contribution is -2.00. The zero-order valence-electron chi connectivity index (χ0n) is 8.44. The number of hydrogen-bond donors (Lipinski definition) is 1. The Labute approximate surface area is 84.1 Å². The monoisotopic (exact) mass is 193 g/mol. The molecule has 0 saturated heterocycles. The van der Waals surface area contributed by atoms with Gasteiger partial charge in [-0.05, 0) is 19.7 Å². The molecule has 1 aromatic carbocycles. The van der Waals surface area contributed by atoms with Gasteiger partial charge in [0.05, 0.1) is 5.92 Å². The predicted octanol–water partition coefficient (Wildman–Crippen LogP) is 1.00. The number of carbonyl (C=O) groups excluding carboxylic acids is 2. The summed E-state index contributed by atoms with van der Waals surface area (Å²) in [7, 11) is 3.75. The van der Waals surface area contributed by atoms with Gasteiger partial charge in [-0.15, -0.1) is 0 Å². The quantitative estimate of drug-likeness (QED) is 0.575. The Morgan fingerprint density at radius 1 is 1.07 bits per heavy atom. The lowest BCUT2D eigenvalue weighted by molar-refractivity contribution is -0.116. The first-order chi connectivity index (χ1) is 6.79. The van der Waals surface area contributed by atoms with Gasteiger partial charge in [-0.25, -0.2) is 0 Å². The summed E-state index contributed by atoms with van der Waals surface area (Å²) in [6.07, 6.45) is 1.28. The molecule has 0 spiro atoms. The molecular weight excluding hydrogens is 178 g/mol. The van der Waals surface area contributed by atoms with Gasteiger partial charge < -0.3 is 14.9 Å². The molecule has 0 saturated carbocycles. The second kappa shape index (κ2) is 8.13. The predicted molar refractivity (Wildman–Crippen MR) is 56.3 cm³/mol. The Morgan fingerprint density at radius 3 is 1.86 bits per heavy atom. The van der Waals surface area contributed by atoms with Crippen LogP contribution in [0.25, 0.3) is 0 Å². The van der Waals surface area contributed by atoms with E-state index in [2.05, 4.69) is 5.32 Å². The first kappa shape index (κ1) is 12.5. The highest BCUT2D eigenvalue weighted by Gasteiger charge is 2.06. The average molecular weight is 193 g/mol. The van der Waals surface area contributed by atoms with Gasteiger partial charge >= 0.3 is 0 Å². The van der Waals surface area contributed by atoms with E-state index in [4.69, 9.17) is 0 Å². The molecule has 0 atom stereocenters. The van der Waals surface area contributed by atoms with Crippen molar-refractivity contribution in [3.63, 3.8) is 0 Å². The first-order valence-corrected chi connectivity index (χ1v) is 4.34. The summed E-state index contributed by atoms with van der Waals surface area (Å²) in [4.78, 5) is 20.6. The number of rotatable bonds is 3. The molecule has 0 heterocycles. The molecule has 1 rings (SSSR count). The van der Waals surface area contributed by atoms with Crippen molar-refractivity contribution >= 4 is 12.6 Å². The zero-order chi connectivity index (χ0) is 10.8. The van der Waals surface area contributed by atoms with Crippen LogP contribution in [0.2, 0.25) is 0 Å². The fraction of sp³-hybridized carbons (Fsp3) is 0.273. The maximum atomic E-state index is 10.3. The molecule has 76 valence electrons. The van der Waals surface area contributed by atoms with Crippen LogP contribution in [-0.4, -0.2) is 26.7 Å². The third kappa shape index (κ3) is 4.52. The van der Waals surface area contributed by atoms with E-state index >= 15 is 0 Å². The molecule has 0 unspecified atom stereocenters. The highest BCUT2D eigenvalue weighted by Crippen LogP contribution is 2.09.